The summed E-state index contributed by atoms with van der Waals surface area (Å²) in [6.45, 7) is 0.566. The Labute approximate surface area is 184 Å². The van der Waals surface area contributed by atoms with Crippen molar-refractivity contribution < 1.29 is 23.9 Å². The van der Waals surface area contributed by atoms with Crippen LogP contribution in [0.5, 0.6) is 11.5 Å². The highest BCUT2D eigenvalue weighted by molar-refractivity contribution is 8.14. The number of ketones is 1. The molecule has 0 radical (unpaired) electrons. The van der Waals surface area contributed by atoms with E-state index in [0.29, 0.717) is 37.2 Å². The van der Waals surface area contributed by atoms with E-state index in [0.717, 1.165) is 22.4 Å². The van der Waals surface area contributed by atoms with Crippen molar-refractivity contribution in [1.29, 1.82) is 0 Å². The normalized spacial score (nSPS) is 18.9. The Bertz CT molecular complexity index is 977. The van der Waals surface area contributed by atoms with Crippen molar-refractivity contribution >= 4 is 34.6 Å². The second-order valence-corrected chi connectivity index (χ2v) is 8.44. The van der Waals surface area contributed by atoms with Crippen molar-refractivity contribution in [2.75, 3.05) is 25.4 Å². The second kappa shape index (κ2) is 9.34. The van der Waals surface area contributed by atoms with Gasteiger partial charge in [0.1, 0.15) is 18.0 Å². The smallest absolute Gasteiger partial charge is 0.289 e. The molecule has 2 fully saturated rings. The number of imide groups is 1. The number of thioether (sulfide) groups is 1. The van der Waals surface area contributed by atoms with Crippen LogP contribution >= 0.6 is 11.8 Å². The third-order valence-electron chi connectivity index (χ3n) is 5.40. The minimum atomic E-state index is -0.388. The third kappa shape index (κ3) is 4.96. The lowest BCUT2D eigenvalue weighted by Gasteiger charge is -2.32. The van der Waals surface area contributed by atoms with E-state index >= 15 is 0 Å². The predicted molar refractivity (Wildman–Crippen MR) is 116 cm³/mol. The molecule has 7 nitrogen and oxygen atoms in total. The summed E-state index contributed by atoms with van der Waals surface area (Å²) in [4.78, 5) is 51.7. The maximum absolute atomic E-state index is 13.0. The number of piperidine rings is 1. The van der Waals surface area contributed by atoms with Gasteiger partial charge in [-0.2, -0.15) is 0 Å². The number of likely N-dealkylation sites (tertiary alicyclic amines) is 1. The molecule has 8 heteroatoms. The number of ether oxygens (including phenoxy) is 1. The molecule has 0 spiro atoms. The van der Waals surface area contributed by atoms with E-state index in [1.165, 1.54) is 0 Å². The van der Waals surface area contributed by atoms with Gasteiger partial charge in [0.25, 0.3) is 5.24 Å². The van der Waals surface area contributed by atoms with Crippen LogP contribution in [0.4, 0.5) is 4.79 Å². The van der Waals surface area contributed by atoms with Crippen molar-refractivity contribution in [3.63, 3.8) is 0 Å². The van der Waals surface area contributed by atoms with Gasteiger partial charge < -0.3 is 9.64 Å². The zero-order valence-electron chi connectivity index (χ0n) is 16.9. The summed E-state index contributed by atoms with van der Waals surface area (Å²) in [6, 6.07) is 16.4. The lowest BCUT2D eigenvalue weighted by molar-refractivity contribution is -0.137. The van der Waals surface area contributed by atoms with E-state index in [1.807, 2.05) is 30.3 Å². The summed E-state index contributed by atoms with van der Waals surface area (Å²) < 4.78 is 5.76. The summed E-state index contributed by atoms with van der Waals surface area (Å²) in [7, 11) is 0. The fourth-order valence-electron chi connectivity index (χ4n) is 3.73. The quantitative estimate of drug-likeness (QED) is 0.641. The van der Waals surface area contributed by atoms with Gasteiger partial charge in [0.15, 0.2) is 5.78 Å². The average Bonchev–Trinajstić information content (AvgIpc) is 3.12. The van der Waals surface area contributed by atoms with Crippen molar-refractivity contribution in [2.24, 2.45) is 5.92 Å². The van der Waals surface area contributed by atoms with Crippen LogP contribution in [0.2, 0.25) is 0 Å². The van der Waals surface area contributed by atoms with Crippen LogP contribution in [0.3, 0.4) is 0 Å². The van der Waals surface area contributed by atoms with E-state index < -0.39 is 0 Å². The van der Waals surface area contributed by atoms with Crippen LogP contribution in [0.15, 0.2) is 54.6 Å². The summed E-state index contributed by atoms with van der Waals surface area (Å²) in [6.07, 6.45) is 1.40. The molecule has 0 saturated carbocycles. The van der Waals surface area contributed by atoms with Gasteiger partial charge >= 0.3 is 0 Å². The summed E-state index contributed by atoms with van der Waals surface area (Å²) in [5.74, 6) is 0.471. The first-order valence-corrected chi connectivity index (χ1v) is 11.1. The molecule has 1 unspecified atom stereocenters. The molecule has 3 amide bonds. The highest BCUT2D eigenvalue weighted by atomic mass is 32.2. The summed E-state index contributed by atoms with van der Waals surface area (Å²) in [5.41, 5.74) is 0.570. The van der Waals surface area contributed by atoms with Gasteiger partial charge in [-0.3, -0.25) is 24.1 Å². The second-order valence-electron chi connectivity index (χ2n) is 7.52. The van der Waals surface area contributed by atoms with Gasteiger partial charge in [0.05, 0.1) is 5.75 Å². The number of hydrogen-bond donors (Lipinski definition) is 0. The molecule has 0 aromatic heterocycles. The maximum atomic E-state index is 13.0. The largest absolute Gasteiger partial charge is 0.457 e. The van der Waals surface area contributed by atoms with E-state index in [1.54, 1.807) is 29.2 Å². The lowest BCUT2D eigenvalue weighted by atomic mass is 9.90. The van der Waals surface area contributed by atoms with Crippen LogP contribution in [0, 0.1) is 5.92 Å². The Kier molecular flexibility index (Phi) is 6.36. The molecule has 1 atom stereocenters. The van der Waals surface area contributed by atoms with E-state index in [2.05, 4.69) is 0 Å². The molecular formula is C23H22N2O5S. The Morgan fingerprint density at radius 1 is 1.00 bits per heavy atom. The zero-order chi connectivity index (χ0) is 21.8. The third-order valence-corrected chi connectivity index (χ3v) is 6.26. The Hall–Kier alpha value is -3.13. The van der Waals surface area contributed by atoms with Gasteiger partial charge in [-0.15, -0.1) is 0 Å². The Morgan fingerprint density at radius 3 is 2.39 bits per heavy atom. The Balaban J connectivity index is 1.36. The zero-order valence-corrected chi connectivity index (χ0v) is 17.7. The van der Waals surface area contributed by atoms with Crippen LogP contribution in [-0.4, -0.2) is 58.0 Å². The molecule has 4 rings (SSSR count). The molecule has 31 heavy (non-hydrogen) atoms. The number of rotatable bonds is 6. The molecule has 2 aliphatic rings. The van der Waals surface area contributed by atoms with Gasteiger partial charge in [-0.05, 0) is 49.2 Å². The van der Waals surface area contributed by atoms with Crippen molar-refractivity contribution in [2.45, 2.75) is 12.8 Å². The predicted octanol–water partition coefficient (Wildman–Crippen LogP) is 3.60. The molecular weight excluding hydrogens is 416 g/mol. The number of carbonyl (C=O) groups is 4. The van der Waals surface area contributed by atoms with Crippen LogP contribution in [0.1, 0.15) is 23.2 Å². The molecule has 2 heterocycles. The van der Waals surface area contributed by atoms with E-state index in [-0.39, 0.29) is 41.1 Å². The first kappa shape index (κ1) is 21.1. The fourth-order valence-corrected chi connectivity index (χ4v) is 4.46. The van der Waals surface area contributed by atoms with Gasteiger partial charge in [0.2, 0.25) is 11.8 Å². The number of amides is 3. The number of para-hydroxylation sites is 1. The average molecular weight is 439 g/mol. The minimum absolute atomic E-state index is 0.0207. The number of hydrogen-bond acceptors (Lipinski definition) is 6. The molecule has 2 aromatic carbocycles. The first-order chi connectivity index (χ1) is 15.0. The fraction of sp³-hybridized carbons (Fsp3) is 0.304. The monoisotopic (exact) mass is 438 g/mol. The lowest BCUT2D eigenvalue weighted by Crippen LogP contribution is -2.47. The minimum Gasteiger partial charge on any atom is -0.457 e. The topological polar surface area (TPSA) is 84.0 Å². The molecule has 2 aromatic rings. The highest BCUT2D eigenvalue weighted by Crippen LogP contribution is 2.25. The van der Waals surface area contributed by atoms with Crippen LogP contribution in [-0.2, 0) is 9.59 Å². The maximum Gasteiger partial charge on any atom is 0.289 e. The number of benzene rings is 2. The van der Waals surface area contributed by atoms with Crippen molar-refractivity contribution in [3.05, 3.63) is 60.2 Å². The van der Waals surface area contributed by atoms with Gasteiger partial charge in [0, 0.05) is 24.6 Å². The number of nitrogens with zero attached hydrogens (tertiary/aromatic N) is 2. The number of carbonyl (C=O) groups excluding carboxylic acids is 4. The van der Waals surface area contributed by atoms with Gasteiger partial charge in [-0.1, -0.05) is 30.0 Å². The summed E-state index contributed by atoms with van der Waals surface area (Å²) in [5, 5.41) is -0.388. The molecule has 0 aliphatic carbocycles. The first-order valence-electron chi connectivity index (χ1n) is 10.1. The molecule has 2 saturated heterocycles. The standard InChI is InChI=1S/C23H22N2O5S/c26-20(14-25-21(27)15-31-23(25)29)24-12-4-5-17(13-24)22(28)16-8-10-19(11-9-16)30-18-6-2-1-3-7-18/h1-3,6-11,17H,4-5,12-15H2. The number of Topliss-reactive ketones (excluding diaryl/α,β-unsaturated/α-hetero) is 1. The summed E-state index contributed by atoms with van der Waals surface area (Å²) >= 11 is 0.909. The SMILES string of the molecule is O=C(c1ccc(Oc2ccccc2)cc1)C1CCCN(C(=O)CN2C(=O)CSC2=O)C1. The van der Waals surface area contributed by atoms with Gasteiger partial charge in [-0.25, -0.2) is 0 Å². The van der Waals surface area contributed by atoms with Crippen molar-refractivity contribution in [3.8, 4) is 11.5 Å². The molecule has 2 aliphatic heterocycles. The van der Waals surface area contributed by atoms with Crippen LogP contribution < -0.4 is 4.74 Å². The van der Waals surface area contributed by atoms with Crippen molar-refractivity contribution in [1.82, 2.24) is 9.80 Å². The van der Waals surface area contributed by atoms with E-state index in [4.69, 9.17) is 4.74 Å². The highest BCUT2D eigenvalue weighted by Gasteiger charge is 2.35. The van der Waals surface area contributed by atoms with Crippen LogP contribution in [0.25, 0.3) is 0 Å². The molecule has 0 N–H and O–H groups in total. The molecule has 160 valence electrons. The Morgan fingerprint density at radius 2 is 1.71 bits per heavy atom. The molecule has 0 bridgehead atoms. The van der Waals surface area contributed by atoms with E-state index in [9.17, 15) is 19.2 Å².